The van der Waals surface area contributed by atoms with Gasteiger partial charge in [-0.2, -0.15) is 0 Å². The van der Waals surface area contributed by atoms with Crippen LogP contribution in [0.1, 0.15) is 16.5 Å². The first-order valence-electron chi connectivity index (χ1n) is 7.80. The van der Waals surface area contributed by atoms with Crippen molar-refractivity contribution >= 4 is 22.9 Å². The smallest absolute Gasteiger partial charge is 0.279 e. The van der Waals surface area contributed by atoms with E-state index in [0.717, 1.165) is 22.6 Å². The summed E-state index contributed by atoms with van der Waals surface area (Å²) in [5.74, 6) is -2.20. The van der Waals surface area contributed by atoms with Gasteiger partial charge in [0.25, 0.3) is 5.91 Å². The van der Waals surface area contributed by atoms with E-state index in [9.17, 15) is 13.6 Å². The summed E-state index contributed by atoms with van der Waals surface area (Å²) in [6, 6.07) is 17.2. The van der Waals surface area contributed by atoms with Crippen LogP contribution in [0, 0.1) is 11.6 Å². The Labute approximate surface area is 148 Å². The molecule has 1 amide bonds. The molecule has 3 rings (SSSR count). The second-order valence-electron chi connectivity index (χ2n) is 5.52. The molecule has 0 aliphatic heterocycles. The van der Waals surface area contributed by atoms with Gasteiger partial charge in [0, 0.05) is 17.3 Å². The van der Waals surface area contributed by atoms with E-state index in [1.807, 2.05) is 53.2 Å². The molecule has 0 saturated heterocycles. The molecule has 3 N–H and O–H groups in total. The number of halogens is 2. The van der Waals surface area contributed by atoms with E-state index >= 15 is 0 Å². The lowest BCUT2D eigenvalue weighted by molar-refractivity contribution is -0.675. The van der Waals surface area contributed by atoms with E-state index in [2.05, 4.69) is 5.32 Å². The van der Waals surface area contributed by atoms with Crippen LogP contribution in [-0.2, 0) is 4.79 Å². The summed E-state index contributed by atoms with van der Waals surface area (Å²) in [4.78, 5) is 13.3. The third-order valence-electron chi connectivity index (χ3n) is 3.75. The fraction of sp³-hybridized carbons (Fsp3) is 0.105. The van der Waals surface area contributed by atoms with Crippen LogP contribution in [0.5, 0.6) is 0 Å². The van der Waals surface area contributed by atoms with Gasteiger partial charge in [-0.25, -0.2) is 8.78 Å². The minimum Gasteiger partial charge on any atom is -0.328 e. The van der Waals surface area contributed by atoms with Crippen LogP contribution in [0.3, 0.4) is 0 Å². The van der Waals surface area contributed by atoms with Crippen LogP contribution in [0.2, 0.25) is 0 Å². The van der Waals surface area contributed by atoms with Crippen molar-refractivity contribution in [2.45, 2.75) is 6.04 Å². The van der Waals surface area contributed by atoms with E-state index in [1.165, 1.54) is 6.07 Å². The van der Waals surface area contributed by atoms with Gasteiger partial charge < -0.3 is 10.6 Å². The summed E-state index contributed by atoms with van der Waals surface area (Å²) >= 11 is 1.63. The molecule has 0 spiro atoms. The highest BCUT2D eigenvalue weighted by atomic mass is 32.1. The van der Waals surface area contributed by atoms with Gasteiger partial charge in [-0.1, -0.05) is 36.4 Å². The maximum absolute atomic E-state index is 13.2. The zero-order valence-corrected chi connectivity index (χ0v) is 14.1. The second-order valence-corrected chi connectivity index (χ2v) is 6.50. The van der Waals surface area contributed by atoms with Gasteiger partial charge in [0.15, 0.2) is 18.2 Å². The van der Waals surface area contributed by atoms with Crippen molar-refractivity contribution in [3.8, 4) is 0 Å². The predicted molar refractivity (Wildman–Crippen MR) is 94.4 cm³/mol. The summed E-state index contributed by atoms with van der Waals surface area (Å²) < 4.78 is 26.2. The Hall–Kier alpha value is -2.57. The Morgan fingerprint density at radius 3 is 2.52 bits per heavy atom. The van der Waals surface area contributed by atoms with Gasteiger partial charge in [-0.15, -0.1) is 11.3 Å². The number of carbonyl (C=O) groups excluding carboxylic acids is 1. The minimum absolute atomic E-state index is 0.0110. The monoisotopic (exact) mass is 359 g/mol. The number of hydrogen-bond donors (Lipinski definition) is 2. The van der Waals surface area contributed by atoms with E-state index in [0.29, 0.717) is 0 Å². The number of thiophene rings is 1. The van der Waals surface area contributed by atoms with E-state index < -0.39 is 11.6 Å². The van der Waals surface area contributed by atoms with Crippen molar-refractivity contribution in [3.63, 3.8) is 0 Å². The highest BCUT2D eigenvalue weighted by molar-refractivity contribution is 7.10. The SMILES string of the molecule is O=C(C[NH2+][C@H](c1ccccc1)c1cccs1)Nc1ccc(F)c(F)c1. The maximum Gasteiger partial charge on any atom is 0.279 e. The average Bonchev–Trinajstić information content (AvgIpc) is 3.14. The molecule has 2 aromatic carbocycles. The first-order chi connectivity index (χ1) is 12.1. The van der Waals surface area contributed by atoms with Gasteiger partial charge in [0.2, 0.25) is 0 Å². The lowest BCUT2D eigenvalue weighted by Crippen LogP contribution is -2.87. The summed E-state index contributed by atoms with van der Waals surface area (Å²) in [5.41, 5.74) is 1.34. The quantitative estimate of drug-likeness (QED) is 0.697. The van der Waals surface area contributed by atoms with Crippen LogP contribution < -0.4 is 10.6 Å². The first-order valence-corrected chi connectivity index (χ1v) is 8.68. The maximum atomic E-state index is 13.2. The summed E-state index contributed by atoms with van der Waals surface area (Å²) in [5, 5.41) is 6.52. The Bertz CT molecular complexity index is 838. The number of nitrogens with two attached hydrogens (primary N) is 1. The largest absolute Gasteiger partial charge is 0.328 e. The Morgan fingerprint density at radius 2 is 1.84 bits per heavy atom. The van der Waals surface area contributed by atoms with Crippen molar-refractivity contribution in [1.29, 1.82) is 0 Å². The van der Waals surface area contributed by atoms with E-state index in [1.54, 1.807) is 11.3 Å². The highest BCUT2D eigenvalue weighted by Crippen LogP contribution is 2.22. The molecule has 0 aliphatic carbocycles. The van der Waals surface area contributed by atoms with Crippen LogP contribution in [0.15, 0.2) is 66.0 Å². The molecule has 1 heterocycles. The molecule has 0 aliphatic rings. The molecule has 6 heteroatoms. The number of amides is 1. The van der Waals surface area contributed by atoms with Crippen molar-refractivity contribution in [2.24, 2.45) is 0 Å². The van der Waals surface area contributed by atoms with Gasteiger partial charge in [0.1, 0.15) is 6.04 Å². The van der Waals surface area contributed by atoms with E-state index in [4.69, 9.17) is 0 Å². The highest BCUT2D eigenvalue weighted by Gasteiger charge is 2.20. The molecule has 0 fully saturated rings. The zero-order valence-electron chi connectivity index (χ0n) is 13.3. The molecule has 0 bridgehead atoms. The fourth-order valence-corrected chi connectivity index (χ4v) is 3.41. The Kier molecular flexibility index (Phi) is 5.53. The predicted octanol–water partition coefficient (Wildman–Crippen LogP) is 3.32. The molecule has 0 saturated carbocycles. The zero-order chi connectivity index (χ0) is 17.6. The topological polar surface area (TPSA) is 45.7 Å². The van der Waals surface area contributed by atoms with Crippen LogP contribution in [0.25, 0.3) is 0 Å². The third-order valence-corrected chi connectivity index (χ3v) is 4.71. The summed E-state index contributed by atoms with van der Waals surface area (Å²) in [6.07, 6.45) is 0. The number of carbonyl (C=O) groups is 1. The summed E-state index contributed by atoms with van der Waals surface area (Å²) in [6.45, 7) is 0.163. The lowest BCUT2D eigenvalue weighted by Gasteiger charge is -2.14. The number of nitrogens with one attached hydrogen (secondary N) is 1. The van der Waals surface area contributed by atoms with Crippen molar-refractivity contribution in [1.82, 2.24) is 0 Å². The summed E-state index contributed by atoms with van der Waals surface area (Å²) in [7, 11) is 0. The average molecular weight is 359 g/mol. The minimum atomic E-state index is -0.984. The number of rotatable bonds is 6. The number of benzene rings is 2. The van der Waals surface area contributed by atoms with Crippen molar-refractivity contribution in [2.75, 3.05) is 11.9 Å². The standard InChI is InChI=1S/C19H16F2N2OS/c20-15-9-8-14(11-16(15)21)23-18(24)12-22-19(17-7-4-10-25-17)13-5-2-1-3-6-13/h1-11,19,22H,12H2,(H,23,24)/p+1/t19-/m1/s1. The molecule has 128 valence electrons. The number of quaternary nitrogens is 1. The van der Waals surface area contributed by atoms with Gasteiger partial charge in [0.05, 0.1) is 4.88 Å². The Morgan fingerprint density at radius 1 is 1.04 bits per heavy atom. The lowest BCUT2D eigenvalue weighted by atomic mass is 10.1. The molecular formula is C19H17F2N2OS+. The second kappa shape index (κ2) is 8.00. The Balaban J connectivity index is 1.66. The molecule has 1 atom stereocenters. The van der Waals surface area contributed by atoms with Crippen molar-refractivity contribution < 1.29 is 18.9 Å². The number of anilines is 1. The third kappa shape index (κ3) is 4.49. The normalized spacial score (nSPS) is 11.9. The van der Waals surface area contributed by atoms with Crippen LogP contribution in [-0.4, -0.2) is 12.5 Å². The molecular weight excluding hydrogens is 342 g/mol. The van der Waals surface area contributed by atoms with Crippen LogP contribution in [0.4, 0.5) is 14.5 Å². The van der Waals surface area contributed by atoms with Crippen LogP contribution >= 0.6 is 11.3 Å². The van der Waals surface area contributed by atoms with Gasteiger partial charge in [-0.05, 0) is 23.6 Å². The van der Waals surface area contributed by atoms with E-state index in [-0.39, 0.29) is 24.2 Å². The molecule has 3 aromatic rings. The molecule has 3 nitrogen and oxygen atoms in total. The molecule has 25 heavy (non-hydrogen) atoms. The van der Waals surface area contributed by atoms with Gasteiger partial charge >= 0.3 is 0 Å². The molecule has 0 unspecified atom stereocenters. The van der Waals surface area contributed by atoms with Crippen molar-refractivity contribution in [3.05, 3.63) is 88.1 Å². The first kappa shape index (κ1) is 17.3. The molecule has 1 aromatic heterocycles. The molecule has 0 radical (unpaired) electrons. The van der Waals surface area contributed by atoms with Gasteiger partial charge in [-0.3, -0.25) is 4.79 Å². The fourth-order valence-electron chi connectivity index (χ4n) is 2.56. The number of hydrogen-bond acceptors (Lipinski definition) is 2.